The fourth-order valence-corrected chi connectivity index (χ4v) is 5.10. The molecular formula is C34H36O7. The van der Waals surface area contributed by atoms with Crippen LogP contribution < -0.4 is 18.9 Å². The standard InChI is InChI=1S/C34H36O7/c1-20(23-11-15-27(36)29(17-23)38-3)32-25(10-7-22-8-13-26(35)14-9-22)19-31(40-5)33(34(32)41-6)21(2)24-12-16-28(37)30(18-24)39-4/h7-21,35-37H,1-6H3/b10-7+. The van der Waals surface area contributed by atoms with E-state index >= 15 is 0 Å². The smallest absolute Gasteiger partial charge is 0.160 e. The van der Waals surface area contributed by atoms with Gasteiger partial charge in [0.05, 0.1) is 28.4 Å². The van der Waals surface area contributed by atoms with E-state index in [9.17, 15) is 15.3 Å². The molecule has 0 spiro atoms. The van der Waals surface area contributed by atoms with Crippen LogP contribution in [0.1, 0.15) is 59.1 Å². The van der Waals surface area contributed by atoms with Gasteiger partial charge in [-0.3, -0.25) is 0 Å². The molecule has 2 unspecified atom stereocenters. The van der Waals surface area contributed by atoms with Crippen molar-refractivity contribution in [3.05, 3.63) is 100 Å². The first-order chi connectivity index (χ1) is 19.7. The van der Waals surface area contributed by atoms with Crippen LogP contribution in [0.3, 0.4) is 0 Å². The van der Waals surface area contributed by atoms with Gasteiger partial charge in [-0.25, -0.2) is 0 Å². The highest BCUT2D eigenvalue weighted by molar-refractivity contribution is 5.76. The molecule has 0 saturated carbocycles. The van der Waals surface area contributed by atoms with Crippen molar-refractivity contribution < 1.29 is 34.3 Å². The fraction of sp³-hybridized carbons (Fsp3) is 0.235. The summed E-state index contributed by atoms with van der Waals surface area (Å²) in [5.74, 6) is 2.03. The summed E-state index contributed by atoms with van der Waals surface area (Å²) in [4.78, 5) is 0. The summed E-state index contributed by atoms with van der Waals surface area (Å²) < 4.78 is 22.9. The molecule has 7 heteroatoms. The van der Waals surface area contributed by atoms with Gasteiger partial charge in [0.15, 0.2) is 23.0 Å². The predicted octanol–water partition coefficient (Wildman–Crippen LogP) is 7.31. The van der Waals surface area contributed by atoms with Crippen molar-refractivity contribution in [2.75, 3.05) is 28.4 Å². The topological polar surface area (TPSA) is 97.6 Å². The Bertz CT molecular complexity index is 1540. The van der Waals surface area contributed by atoms with E-state index in [0.29, 0.717) is 23.0 Å². The fourth-order valence-electron chi connectivity index (χ4n) is 5.10. The van der Waals surface area contributed by atoms with Crippen molar-refractivity contribution in [3.8, 4) is 40.2 Å². The summed E-state index contributed by atoms with van der Waals surface area (Å²) in [7, 11) is 6.31. The van der Waals surface area contributed by atoms with Crippen molar-refractivity contribution >= 4 is 12.2 Å². The summed E-state index contributed by atoms with van der Waals surface area (Å²) in [5.41, 5.74) is 5.39. The molecule has 0 radical (unpaired) electrons. The van der Waals surface area contributed by atoms with Crippen molar-refractivity contribution in [1.82, 2.24) is 0 Å². The average Bonchev–Trinajstić information content (AvgIpc) is 2.99. The van der Waals surface area contributed by atoms with E-state index in [1.54, 1.807) is 38.5 Å². The van der Waals surface area contributed by atoms with Gasteiger partial charge >= 0.3 is 0 Å². The van der Waals surface area contributed by atoms with Gasteiger partial charge in [-0.1, -0.05) is 50.3 Å². The number of phenols is 3. The molecule has 0 heterocycles. The minimum atomic E-state index is -0.190. The highest BCUT2D eigenvalue weighted by Gasteiger charge is 2.28. The molecule has 4 aromatic carbocycles. The molecule has 4 aromatic rings. The van der Waals surface area contributed by atoms with Gasteiger partial charge in [0, 0.05) is 23.0 Å². The summed E-state index contributed by atoms with van der Waals surface area (Å²) in [6.07, 6.45) is 3.97. The first-order valence-corrected chi connectivity index (χ1v) is 13.2. The number of rotatable bonds is 10. The van der Waals surface area contributed by atoms with Crippen molar-refractivity contribution in [1.29, 1.82) is 0 Å². The highest BCUT2D eigenvalue weighted by atomic mass is 16.5. The van der Waals surface area contributed by atoms with Gasteiger partial charge in [0.25, 0.3) is 0 Å². The van der Waals surface area contributed by atoms with E-state index in [2.05, 4.69) is 13.8 Å². The highest BCUT2D eigenvalue weighted by Crippen LogP contribution is 2.48. The largest absolute Gasteiger partial charge is 0.508 e. The van der Waals surface area contributed by atoms with Crippen LogP contribution in [-0.2, 0) is 0 Å². The molecule has 0 fully saturated rings. The molecule has 0 saturated heterocycles. The molecule has 0 amide bonds. The van der Waals surface area contributed by atoms with Crippen LogP contribution in [0.4, 0.5) is 0 Å². The number of hydrogen-bond donors (Lipinski definition) is 3. The zero-order chi connectivity index (χ0) is 29.7. The Balaban J connectivity index is 1.96. The average molecular weight is 557 g/mol. The summed E-state index contributed by atoms with van der Waals surface area (Å²) in [6.45, 7) is 4.13. The Hall–Kier alpha value is -4.78. The maximum atomic E-state index is 10.2. The lowest BCUT2D eigenvalue weighted by Crippen LogP contribution is -2.10. The van der Waals surface area contributed by atoms with Gasteiger partial charge in [0.1, 0.15) is 17.2 Å². The lowest BCUT2D eigenvalue weighted by atomic mass is 9.82. The van der Waals surface area contributed by atoms with E-state index < -0.39 is 0 Å². The normalized spacial score (nSPS) is 12.6. The van der Waals surface area contributed by atoms with E-state index in [-0.39, 0.29) is 29.1 Å². The molecule has 0 aliphatic heterocycles. The first kappa shape index (κ1) is 29.2. The van der Waals surface area contributed by atoms with Crippen LogP contribution in [0.15, 0.2) is 66.7 Å². The lowest BCUT2D eigenvalue weighted by Gasteiger charge is -2.27. The summed E-state index contributed by atoms with van der Waals surface area (Å²) >= 11 is 0. The Morgan fingerprint density at radius 3 is 1.56 bits per heavy atom. The van der Waals surface area contributed by atoms with Crippen molar-refractivity contribution in [2.24, 2.45) is 0 Å². The van der Waals surface area contributed by atoms with Gasteiger partial charge in [-0.05, 0) is 64.7 Å². The number of benzene rings is 4. The molecule has 41 heavy (non-hydrogen) atoms. The Kier molecular flexibility index (Phi) is 8.97. The van der Waals surface area contributed by atoms with Crippen molar-refractivity contribution in [3.63, 3.8) is 0 Å². The third kappa shape index (κ3) is 6.04. The van der Waals surface area contributed by atoms with E-state index in [1.165, 1.54) is 14.2 Å². The molecule has 0 aliphatic rings. The van der Waals surface area contributed by atoms with E-state index in [4.69, 9.17) is 18.9 Å². The molecular weight excluding hydrogens is 520 g/mol. The van der Waals surface area contributed by atoms with E-state index in [0.717, 1.165) is 33.4 Å². The lowest BCUT2D eigenvalue weighted by molar-refractivity contribution is 0.371. The quantitative estimate of drug-likeness (QED) is 0.176. The SMILES string of the molecule is COc1cc(C(C)c2c(/C=C/c3ccc(O)cc3)cc(OC)c(C(C)c3ccc(O)c(OC)c3)c2OC)ccc1O. The third-order valence-corrected chi connectivity index (χ3v) is 7.40. The Morgan fingerprint density at radius 1 is 0.561 bits per heavy atom. The van der Waals surface area contributed by atoms with Gasteiger partial charge in [0.2, 0.25) is 0 Å². The number of methoxy groups -OCH3 is 4. The van der Waals surface area contributed by atoms with E-state index in [1.807, 2.05) is 54.6 Å². The number of aromatic hydroxyl groups is 3. The number of phenolic OH excluding ortho intramolecular Hbond substituents is 3. The maximum Gasteiger partial charge on any atom is 0.160 e. The Labute approximate surface area is 240 Å². The minimum absolute atomic E-state index is 0.0627. The van der Waals surface area contributed by atoms with Gasteiger partial charge < -0.3 is 34.3 Å². The zero-order valence-corrected chi connectivity index (χ0v) is 24.1. The predicted molar refractivity (Wildman–Crippen MR) is 161 cm³/mol. The van der Waals surface area contributed by atoms with Crippen molar-refractivity contribution in [2.45, 2.75) is 25.7 Å². The van der Waals surface area contributed by atoms with Crippen LogP contribution in [-0.4, -0.2) is 43.8 Å². The molecule has 0 aliphatic carbocycles. The van der Waals surface area contributed by atoms with Crippen LogP contribution in [0, 0.1) is 0 Å². The molecule has 214 valence electrons. The van der Waals surface area contributed by atoms with Crippen LogP contribution >= 0.6 is 0 Å². The summed E-state index contributed by atoms with van der Waals surface area (Å²) in [5, 5.41) is 30.1. The zero-order valence-electron chi connectivity index (χ0n) is 24.1. The molecule has 2 atom stereocenters. The molecule has 4 rings (SSSR count). The van der Waals surface area contributed by atoms with Crippen LogP contribution in [0.5, 0.6) is 40.2 Å². The van der Waals surface area contributed by atoms with Crippen LogP contribution in [0.2, 0.25) is 0 Å². The summed E-state index contributed by atoms with van der Waals surface area (Å²) in [6, 6.07) is 19.5. The molecule has 7 nitrogen and oxygen atoms in total. The second-order valence-electron chi connectivity index (χ2n) is 9.76. The first-order valence-electron chi connectivity index (χ1n) is 13.2. The molecule has 0 aromatic heterocycles. The number of ether oxygens (including phenoxy) is 4. The second-order valence-corrected chi connectivity index (χ2v) is 9.76. The third-order valence-electron chi connectivity index (χ3n) is 7.40. The monoisotopic (exact) mass is 556 g/mol. The maximum absolute atomic E-state index is 10.2. The van der Waals surface area contributed by atoms with Gasteiger partial charge in [-0.15, -0.1) is 0 Å². The Morgan fingerprint density at radius 2 is 1.07 bits per heavy atom. The second kappa shape index (κ2) is 12.6. The molecule has 3 N–H and O–H groups in total. The van der Waals surface area contributed by atoms with Gasteiger partial charge in [-0.2, -0.15) is 0 Å². The minimum Gasteiger partial charge on any atom is -0.508 e. The number of hydrogen-bond acceptors (Lipinski definition) is 7. The van der Waals surface area contributed by atoms with Crippen LogP contribution in [0.25, 0.3) is 12.2 Å². The molecule has 0 bridgehead atoms.